The SMILES string of the molecule is CC1CCCC(CNC(=O)C(c2ccccc2)N2CCCCC2=O)(N(C)C)C1. The van der Waals surface area contributed by atoms with Gasteiger partial charge in [-0.3, -0.25) is 9.59 Å². The van der Waals surface area contributed by atoms with Crippen LogP contribution in [0.15, 0.2) is 30.3 Å². The lowest BCUT2D eigenvalue weighted by Gasteiger charge is -2.45. The Hall–Kier alpha value is -1.88. The lowest BCUT2D eigenvalue weighted by atomic mass is 9.75. The highest BCUT2D eigenvalue weighted by atomic mass is 16.2. The van der Waals surface area contributed by atoms with Gasteiger partial charge in [0.25, 0.3) is 0 Å². The molecule has 1 saturated heterocycles. The molecule has 154 valence electrons. The van der Waals surface area contributed by atoms with E-state index in [1.807, 2.05) is 30.3 Å². The van der Waals surface area contributed by atoms with E-state index in [0.29, 0.717) is 25.4 Å². The highest BCUT2D eigenvalue weighted by Gasteiger charge is 2.39. The first-order valence-electron chi connectivity index (χ1n) is 10.7. The van der Waals surface area contributed by atoms with Crippen molar-refractivity contribution in [2.45, 2.75) is 63.5 Å². The Morgan fingerprint density at radius 1 is 1.25 bits per heavy atom. The molecule has 0 radical (unpaired) electrons. The quantitative estimate of drug-likeness (QED) is 0.817. The highest BCUT2D eigenvalue weighted by Crippen LogP contribution is 2.35. The average molecular weight is 386 g/mol. The van der Waals surface area contributed by atoms with Crippen LogP contribution in [0.4, 0.5) is 0 Å². The maximum atomic E-state index is 13.4. The second-order valence-corrected chi connectivity index (χ2v) is 8.90. The number of nitrogens with one attached hydrogen (secondary N) is 1. The topological polar surface area (TPSA) is 52.7 Å². The molecule has 2 amide bonds. The average Bonchev–Trinajstić information content (AvgIpc) is 2.69. The monoisotopic (exact) mass is 385 g/mol. The summed E-state index contributed by atoms with van der Waals surface area (Å²) in [7, 11) is 4.24. The summed E-state index contributed by atoms with van der Waals surface area (Å²) >= 11 is 0. The molecule has 28 heavy (non-hydrogen) atoms. The van der Waals surface area contributed by atoms with E-state index in [1.54, 1.807) is 4.90 Å². The minimum atomic E-state index is -0.533. The van der Waals surface area contributed by atoms with Crippen LogP contribution in [0.2, 0.25) is 0 Å². The molecular formula is C23H35N3O2. The molecule has 0 bridgehead atoms. The third kappa shape index (κ3) is 4.57. The molecule has 3 atom stereocenters. The van der Waals surface area contributed by atoms with Gasteiger partial charge in [0, 0.05) is 25.0 Å². The number of rotatable bonds is 6. The zero-order chi connectivity index (χ0) is 20.1. The predicted molar refractivity (Wildman–Crippen MR) is 112 cm³/mol. The third-order valence-electron chi connectivity index (χ3n) is 6.64. The van der Waals surface area contributed by atoms with Crippen LogP contribution in [0.25, 0.3) is 0 Å². The van der Waals surface area contributed by atoms with Crippen LogP contribution >= 0.6 is 0 Å². The fourth-order valence-electron chi connectivity index (χ4n) is 4.91. The summed E-state index contributed by atoms with van der Waals surface area (Å²) in [4.78, 5) is 30.0. The summed E-state index contributed by atoms with van der Waals surface area (Å²) in [5.74, 6) is 0.700. The number of likely N-dealkylation sites (N-methyl/N-ethyl adjacent to an activating group) is 1. The van der Waals surface area contributed by atoms with Crippen LogP contribution in [0.3, 0.4) is 0 Å². The van der Waals surface area contributed by atoms with Gasteiger partial charge in [-0.2, -0.15) is 0 Å². The van der Waals surface area contributed by atoms with Gasteiger partial charge in [0.1, 0.15) is 6.04 Å². The second-order valence-electron chi connectivity index (χ2n) is 8.90. The number of amides is 2. The molecule has 1 aliphatic heterocycles. The Labute approximate surface area is 169 Å². The third-order valence-corrected chi connectivity index (χ3v) is 6.64. The van der Waals surface area contributed by atoms with E-state index in [2.05, 4.69) is 31.2 Å². The molecule has 0 spiro atoms. The molecule has 1 saturated carbocycles. The Bertz CT molecular complexity index is 676. The zero-order valence-electron chi connectivity index (χ0n) is 17.6. The van der Waals surface area contributed by atoms with E-state index in [1.165, 1.54) is 12.8 Å². The molecule has 3 unspecified atom stereocenters. The summed E-state index contributed by atoms with van der Waals surface area (Å²) in [6.07, 6.45) is 7.07. The molecule has 1 aromatic rings. The first-order chi connectivity index (χ1) is 13.4. The molecule has 1 heterocycles. The number of benzene rings is 1. The van der Waals surface area contributed by atoms with Crippen molar-refractivity contribution < 1.29 is 9.59 Å². The minimum Gasteiger partial charge on any atom is -0.352 e. The standard InChI is InChI=1S/C23H35N3O2/c1-18-10-9-14-23(16-18,25(2)3)17-24-22(28)21(19-11-5-4-6-12-19)26-15-8-7-13-20(26)27/h4-6,11-12,18,21H,7-10,13-17H2,1-3H3,(H,24,28). The van der Waals surface area contributed by atoms with E-state index in [9.17, 15) is 9.59 Å². The number of hydrogen-bond donors (Lipinski definition) is 1. The maximum absolute atomic E-state index is 13.4. The van der Waals surface area contributed by atoms with Crippen molar-refractivity contribution in [2.24, 2.45) is 5.92 Å². The predicted octanol–water partition coefficient (Wildman–Crippen LogP) is 3.37. The Morgan fingerprint density at radius 2 is 2.00 bits per heavy atom. The van der Waals surface area contributed by atoms with E-state index < -0.39 is 6.04 Å². The smallest absolute Gasteiger partial charge is 0.247 e. The van der Waals surface area contributed by atoms with E-state index >= 15 is 0 Å². The molecule has 1 N–H and O–H groups in total. The van der Waals surface area contributed by atoms with Crippen molar-refractivity contribution in [1.29, 1.82) is 0 Å². The molecule has 5 heteroatoms. The lowest BCUT2D eigenvalue weighted by molar-refractivity contribution is -0.143. The van der Waals surface area contributed by atoms with Crippen LogP contribution in [-0.2, 0) is 9.59 Å². The van der Waals surface area contributed by atoms with Gasteiger partial charge in [-0.15, -0.1) is 0 Å². The molecule has 5 nitrogen and oxygen atoms in total. The number of likely N-dealkylation sites (tertiary alicyclic amines) is 1. The molecule has 1 aliphatic carbocycles. The Morgan fingerprint density at radius 3 is 2.64 bits per heavy atom. The van der Waals surface area contributed by atoms with Gasteiger partial charge in [-0.25, -0.2) is 0 Å². The molecule has 3 rings (SSSR count). The van der Waals surface area contributed by atoms with Crippen molar-refractivity contribution in [2.75, 3.05) is 27.2 Å². The summed E-state index contributed by atoms with van der Waals surface area (Å²) in [6.45, 7) is 3.59. The van der Waals surface area contributed by atoms with Gasteiger partial charge in [0.2, 0.25) is 11.8 Å². The van der Waals surface area contributed by atoms with Crippen molar-refractivity contribution in [1.82, 2.24) is 15.1 Å². The Kier molecular flexibility index (Phi) is 6.76. The number of nitrogens with zero attached hydrogens (tertiary/aromatic N) is 2. The molecular weight excluding hydrogens is 350 g/mol. The normalized spacial score (nSPS) is 26.9. The van der Waals surface area contributed by atoms with Crippen molar-refractivity contribution in [3.8, 4) is 0 Å². The van der Waals surface area contributed by atoms with E-state index in [0.717, 1.165) is 31.2 Å². The summed E-state index contributed by atoms with van der Waals surface area (Å²) < 4.78 is 0. The zero-order valence-corrected chi connectivity index (χ0v) is 17.6. The van der Waals surface area contributed by atoms with Gasteiger partial charge in [0.05, 0.1) is 0 Å². The lowest BCUT2D eigenvalue weighted by Crippen LogP contribution is -2.56. The van der Waals surface area contributed by atoms with Crippen molar-refractivity contribution >= 4 is 11.8 Å². The van der Waals surface area contributed by atoms with E-state index in [4.69, 9.17) is 0 Å². The second kappa shape index (κ2) is 9.08. The van der Waals surface area contributed by atoms with Crippen LogP contribution in [0, 0.1) is 5.92 Å². The van der Waals surface area contributed by atoms with Gasteiger partial charge >= 0.3 is 0 Å². The number of carbonyl (C=O) groups excluding carboxylic acids is 2. The van der Waals surface area contributed by atoms with Crippen LogP contribution in [0.5, 0.6) is 0 Å². The molecule has 1 aromatic carbocycles. The summed E-state index contributed by atoms with van der Waals surface area (Å²) in [5, 5.41) is 3.24. The van der Waals surface area contributed by atoms with Gasteiger partial charge < -0.3 is 15.1 Å². The number of hydrogen-bond acceptors (Lipinski definition) is 3. The fourth-order valence-corrected chi connectivity index (χ4v) is 4.91. The van der Waals surface area contributed by atoms with Crippen molar-refractivity contribution in [3.05, 3.63) is 35.9 Å². The van der Waals surface area contributed by atoms with Crippen LogP contribution < -0.4 is 5.32 Å². The molecule has 2 fully saturated rings. The van der Waals surface area contributed by atoms with E-state index in [-0.39, 0.29) is 17.4 Å². The highest BCUT2D eigenvalue weighted by molar-refractivity contribution is 5.89. The van der Waals surface area contributed by atoms with Gasteiger partial charge in [-0.05, 0) is 51.3 Å². The van der Waals surface area contributed by atoms with Gasteiger partial charge in [-0.1, -0.05) is 50.1 Å². The number of carbonyl (C=O) groups is 2. The molecule has 2 aliphatic rings. The maximum Gasteiger partial charge on any atom is 0.247 e. The van der Waals surface area contributed by atoms with Crippen LogP contribution in [-0.4, -0.2) is 54.3 Å². The first-order valence-corrected chi connectivity index (χ1v) is 10.7. The summed E-state index contributed by atoms with van der Waals surface area (Å²) in [6, 6.07) is 9.20. The largest absolute Gasteiger partial charge is 0.352 e. The van der Waals surface area contributed by atoms with Crippen LogP contribution in [0.1, 0.15) is 63.5 Å². The first kappa shape index (κ1) is 20.8. The molecule has 0 aromatic heterocycles. The number of piperidine rings is 1. The summed E-state index contributed by atoms with van der Waals surface area (Å²) in [5.41, 5.74) is 0.895. The Balaban J connectivity index is 1.78. The fraction of sp³-hybridized carbons (Fsp3) is 0.652. The minimum absolute atomic E-state index is 0.000468. The van der Waals surface area contributed by atoms with Gasteiger partial charge in [0.15, 0.2) is 0 Å². The van der Waals surface area contributed by atoms with Crippen molar-refractivity contribution in [3.63, 3.8) is 0 Å².